The van der Waals surface area contributed by atoms with Gasteiger partial charge in [0.25, 0.3) is 5.91 Å². The summed E-state index contributed by atoms with van der Waals surface area (Å²) in [5.74, 6) is 0.356. The van der Waals surface area contributed by atoms with Crippen molar-refractivity contribution in [3.8, 4) is 5.75 Å². The van der Waals surface area contributed by atoms with Crippen LogP contribution in [0.1, 0.15) is 23.2 Å². The van der Waals surface area contributed by atoms with Gasteiger partial charge in [0.15, 0.2) is 5.13 Å². The molecule has 2 aromatic rings. The largest absolute Gasteiger partial charge is 0.490 e. The van der Waals surface area contributed by atoms with Crippen LogP contribution in [-0.4, -0.2) is 30.2 Å². The van der Waals surface area contributed by atoms with E-state index in [-0.39, 0.29) is 12.0 Å². The van der Waals surface area contributed by atoms with E-state index in [0.29, 0.717) is 23.1 Å². The molecule has 0 spiro atoms. The quantitative estimate of drug-likeness (QED) is 0.922. The molecule has 1 aliphatic rings. The minimum Gasteiger partial charge on any atom is -0.490 e. The van der Waals surface area contributed by atoms with Crippen LogP contribution in [0, 0.1) is 0 Å². The molecule has 1 unspecified atom stereocenters. The van der Waals surface area contributed by atoms with Gasteiger partial charge in [-0.05, 0) is 25.0 Å². The number of ether oxygens (including phenoxy) is 2. The average Bonchev–Trinajstić information content (AvgIpc) is 3.18. The summed E-state index contributed by atoms with van der Waals surface area (Å²) in [4.78, 5) is 16.3. The molecule has 1 atom stereocenters. The number of benzene rings is 1. The molecular weight excluding hydrogens is 288 g/mol. The third-order valence-electron chi connectivity index (χ3n) is 3.23. The van der Waals surface area contributed by atoms with Crippen molar-refractivity contribution in [2.75, 3.05) is 18.5 Å². The summed E-state index contributed by atoms with van der Waals surface area (Å²) in [7, 11) is 0. The number of aromatic nitrogens is 1. The second-order valence-electron chi connectivity index (χ2n) is 4.73. The summed E-state index contributed by atoms with van der Waals surface area (Å²) in [5.41, 5.74) is 0.505. The second kappa shape index (κ2) is 6.69. The molecule has 1 saturated heterocycles. The number of amides is 1. The first-order valence-corrected chi connectivity index (χ1v) is 7.75. The lowest BCUT2D eigenvalue weighted by molar-refractivity contribution is 0.0673. The van der Waals surface area contributed by atoms with Crippen molar-refractivity contribution >= 4 is 22.4 Å². The van der Waals surface area contributed by atoms with Crippen LogP contribution in [0.15, 0.2) is 35.8 Å². The summed E-state index contributed by atoms with van der Waals surface area (Å²) in [6, 6.07) is 7.21. The van der Waals surface area contributed by atoms with Crippen molar-refractivity contribution in [2.45, 2.75) is 18.9 Å². The molecule has 0 radical (unpaired) electrons. The smallest absolute Gasteiger partial charge is 0.261 e. The molecule has 1 N–H and O–H groups in total. The number of nitrogens with one attached hydrogen (secondary N) is 1. The molecule has 1 aromatic carbocycles. The SMILES string of the molecule is O=C(Nc1nccs1)c1ccccc1OCC1CCCO1. The first-order chi connectivity index (χ1) is 10.3. The van der Waals surface area contributed by atoms with E-state index in [1.165, 1.54) is 11.3 Å². The van der Waals surface area contributed by atoms with Crippen LogP contribution >= 0.6 is 11.3 Å². The summed E-state index contributed by atoms with van der Waals surface area (Å²) in [6.45, 7) is 1.27. The molecule has 2 heterocycles. The highest BCUT2D eigenvalue weighted by atomic mass is 32.1. The Kier molecular flexibility index (Phi) is 4.47. The van der Waals surface area contributed by atoms with Crippen molar-refractivity contribution in [1.82, 2.24) is 4.98 Å². The van der Waals surface area contributed by atoms with Gasteiger partial charge in [-0.3, -0.25) is 10.1 Å². The number of carbonyl (C=O) groups is 1. The summed E-state index contributed by atoms with van der Waals surface area (Å²) in [5, 5.41) is 5.16. The molecular formula is C15H16N2O3S. The number of para-hydroxylation sites is 1. The van der Waals surface area contributed by atoms with E-state index in [1.54, 1.807) is 18.3 Å². The molecule has 6 heteroatoms. The molecule has 1 aliphatic heterocycles. The van der Waals surface area contributed by atoms with Gasteiger partial charge in [0.2, 0.25) is 0 Å². The Bertz CT molecular complexity index is 595. The highest BCUT2D eigenvalue weighted by molar-refractivity contribution is 7.13. The Morgan fingerprint density at radius 3 is 3.14 bits per heavy atom. The number of carbonyl (C=O) groups excluding carboxylic acids is 1. The predicted octanol–water partition coefficient (Wildman–Crippen LogP) is 2.95. The molecule has 0 bridgehead atoms. The Labute approximate surface area is 126 Å². The normalized spacial score (nSPS) is 17.6. The summed E-state index contributed by atoms with van der Waals surface area (Å²) in [6.07, 6.45) is 3.86. The Balaban J connectivity index is 1.67. The van der Waals surface area contributed by atoms with Gasteiger partial charge in [-0.1, -0.05) is 12.1 Å². The van der Waals surface area contributed by atoms with Crippen molar-refractivity contribution in [3.63, 3.8) is 0 Å². The lowest BCUT2D eigenvalue weighted by atomic mass is 10.2. The molecule has 5 nitrogen and oxygen atoms in total. The zero-order chi connectivity index (χ0) is 14.5. The van der Waals surface area contributed by atoms with E-state index in [4.69, 9.17) is 9.47 Å². The minimum absolute atomic E-state index is 0.125. The fourth-order valence-corrected chi connectivity index (χ4v) is 2.71. The first-order valence-electron chi connectivity index (χ1n) is 6.87. The molecule has 1 amide bonds. The zero-order valence-electron chi connectivity index (χ0n) is 11.5. The van der Waals surface area contributed by atoms with Crippen LogP contribution in [0.2, 0.25) is 0 Å². The van der Waals surface area contributed by atoms with Crippen molar-refractivity contribution in [3.05, 3.63) is 41.4 Å². The average molecular weight is 304 g/mol. The van der Waals surface area contributed by atoms with Crippen LogP contribution in [0.25, 0.3) is 0 Å². The standard InChI is InChI=1S/C15H16N2O3S/c18-14(17-15-16-7-9-21-15)12-5-1-2-6-13(12)20-10-11-4-3-8-19-11/h1-2,5-7,9,11H,3-4,8,10H2,(H,16,17,18). The summed E-state index contributed by atoms with van der Waals surface area (Å²) >= 11 is 1.38. The monoisotopic (exact) mass is 304 g/mol. The number of hydrogen-bond donors (Lipinski definition) is 1. The van der Waals surface area contributed by atoms with Crippen LogP contribution in [0.5, 0.6) is 5.75 Å². The predicted molar refractivity (Wildman–Crippen MR) is 81.0 cm³/mol. The highest BCUT2D eigenvalue weighted by Crippen LogP contribution is 2.22. The zero-order valence-corrected chi connectivity index (χ0v) is 12.3. The lowest BCUT2D eigenvalue weighted by Gasteiger charge is -2.14. The lowest BCUT2D eigenvalue weighted by Crippen LogP contribution is -2.19. The maximum atomic E-state index is 12.3. The van der Waals surface area contributed by atoms with Crippen LogP contribution in [-0.2, 0) is 4.74 Å². The molecule has 0 aliphatic carbocycles. The maximum absolute atomic E-state index is 12.3. The number of hydrogen-bond acceptors (Lipinski definition) is 5. The second-order valence-corrected chi connectivity index (χ2v) is 5.63. The molecule has 0 saturated carbocycles. The number of thiazole rings is 1. The first kappa shape index (κ1) is 14.0. The molecule has 110 valence electrons. The Hall–Kier alpha value is -1.92. The van der Waals surface area contributed by atoms with E-state index in [9.17, 15) is 4.79 Å². The van der Waals surface area contributed by atoms with Crippen LogP contribution < -0.4 is 10.1 Å². The molecule has 3 rings (SSSR count). The van der Waals surface area contributed by atoms with Crippen molar-refractivity contribution in [1.29, 1.82) is 0 Å². The molecule has 1 aromatic heterocycles. The van der Waals surface area contributed by atoms with Gasteiger partial charge in [0.1, 0.15) is 12.4 Å². The molecule has 1 fully saturated rings. The number of anilines is 1. The fourth-order valence-electron chi connectivity index (χ4n) is 2.19. The van der Waals surface area contributed by atoms with Crippen molar-refractivity contribution < 1.29 is 14.3 Å². The van der Waals surface area contributed by atoms with Gasteiger partial charge < -0.3 is 9.47 Å². The highest BCUT2D eigenvalue weighted by Gasteiger charge is 2.18. The minimum atomic E-state index is -0.215. The third kappa shape index (κ3) is 3.59. The molecule has 21 heavy (non-hydrogen) atoms. The van der Waals surface area contributed by atoms with E-state index in [1.807, 2.05) is 17.5 Å². The van der Waals surface area contributed by atoms with E-state index in [2.05, 4.69) is 10.3 Å². The fraction of sp³-hybridized carbons (Fsp3) is 0.333. The Morgan fingerprint density at radius 2 is 2.38 bits per heavy atom. The Morgan fingerprint density at radius 1 is 1.48 bits per heavy atom. The van der Waals surface area contributed by atoms with Gasteiger partial charge in [0.05, 0.1) is 11.7 Å². The summed E-state index contributed by atoms with van der Waals surface area (Å²) < 4.78 is 11.3. The van der Waals surface area contributed by atoms with Gasteiger partial charge in [-0.25, -0.2) is 4.98 Å². The van der Waals surface area contributed by atoms with Gasteiger partial charge in [-0.15, -0.1) is 11.3 Å². The van der Waals surface area contributed by atoms with Gasteiger partial charge >= 0.3 is 0 Å². The van der Waals surface area contributed by atoms with E-state index >= 15 is 0 Å². The topological polar surface area (TPSA) is 60.5 Å². The number of nitrogens with zero attached hydrogens (tertiary/aromatic N) is 1. The van der Waals surface area contributed by atoms with E-state index in [0.717, 1.165) is 19.4 Å². The maximum Gasteiger partial charge on any atom is 0.261 e. The van der Waals surface area contributed by atoms with Crippen molar-refractivity contribution in [2.24, 2.45) is 0 Å². The van der Waals surface area contributed by atoms with Crippen LogP contribution in [0.3, 0.4) is 0 Å². The van der Waals surface area contributed by atoms with Gasteiger partial charge in [0, 0.05) is 18.2 Å². The van der Waals surface area contributed by atoms with E-state index < -0.39 is 0 Å². The van der Waals surface area contributed by atoms with Crippen LogP contribution in [0.4, 0.5) is 5.13 Å². The van der Waals surface area contributed by atoms with Gasteiger partial charge in [-0.2, -0.15) is 0 Å². The third-order valence-corrected chi connectivity index (χ3v) is 3.92. The number of rotatable bonds is 5.